The van der Waals surface area contributed by atoms with Crippen LogP contribution in [0.1, 0.15) is 120 Å². The molecule has 2 heterocycles. The van der Waals surface area contributed by atoms with Crippen molar-refractivity contribution in [3.8, 4) is 0 Å². The van der Waals surface area contributed by atoms with Gasteiger partial charge in [0.05, 0.1) is 30.0 Å². The zero-order chi connectivity index (χ0) is 36.3. The predicted octanol–water partition coefficient (Wildman–Crippen LogP) is 3.22. The molecule has 6 N–H and O–H groups in total. The first kappa shape index (κ1) is 37.9. The molecule has 11 heteroatoms. The first-order valence-corrected chi connectivity index (χ1v) is 18.8. The van der Waals surface area contributed by atoms with Crippen LogP contribution in [0.4, 0.5) is 0 Å². The third-order valence-electron chi connectivity index (χ3n) is 15.8. The number of ether oxygens (including phenoxy) is 4. The van der Waals surface area contributed by atoms with Gasteiger partial charge in [-0.3, -0.25) is 4.79 Å². The van der Waals surface area contributed by atoms with Gasteiger partial charge in [0.2, 0.25) is 0 Å². The third-order valence-corrected chi connectivity index (χ3v) is 15.8. The van der Waals surface area contributed by atoms with E-state index in [0.29, 0.717) is 32.1 Å². The van der Waals surface area contributed by atoms with E-state index in [-0.39, 0.29) is 51.5 Å². The molecule has 2 saturated heterocycles. The third kappa shape index (κ3) is 5.41. The average molecular weight is 697 g/mol. The Kier molecular flexibility index (Phi) is 9.32. The maximum absolute atomic E-state index is 12.9. The van der Waals surface area contributed by atoms with Gasteiger partial charge in [-0.2, -0.15) is 0 Å². The lowest BCUT2D eigenvalue weighted by Gasteiger charge is -2.71. The van der Waals surface area contributed by atoms with Gasteiger partial charge in [-0.25, -0.2) is 0 Å². The molecule has 2 aliphatic heterocycles. The Labute approximate surface area is 292 Å². The van der Waals surface area contributed by atoms with E-state index in [1.165, 1.54) is 6.92 Å². The Bertz CT molecular complexity index is 1270. The Balaban J connectivity index is 1.31. The Hall–Kier alpha value is -0.890. The second-order valence-electron chi connectivity index (χ2n) is 19.0. The van der Waals surface area contributed by atoms with E-state index >= 15 is 0 Å². The lowest BCUT2D eigenvalue weighted by Crippen LogP contribution is -2.70. The van der Waals surface area contributed by atoms with Crippen LogP contribution in [0, 0.1) is 39.4 Å². The van der Waals surface area contributed by atoms with Gasteiger partial charge >= 0.3 is 5.97 Å². The number of fused-ring (bicyclic) bond motifs is 5. The fourth-order valence-electron chi connectivity index (χ4n) is 12.9. The molecule has 0 aromatic rings. The number of hydrogen-bond acceptors (Lipinski definition) is 11. The molecule has 4 aliphatic carbocycles. The quantitative estimate of drug-likeness (QED) is 0.178. The molecule has 0 aromatic carbocycles. The van der Waals surface area contributed by atoms with Crippen LogP contribution in [0.3, 0.4) is 0 Å². The van der Waals surface area contributed by atoms with Gasteiger partial charge in [0.1, 0.15) is 36.1 Å². The predicted molar refractivity (Wildman–Crippen MR) is 179 cm³/mol. The van der Waals surface area contributed by atoms with Crippen LogP contribution >= 0.6 is 0 Å². The number of carbonyl (C=O) groups excluding carboxylic acids is 1. The number of aliphatic hydroxyl groups is 6. The van der Waals surface area contributed by atoms with E-state index in [0.717, 1.165) is 25.7 Å². The van der Waals surface area contributed by atoms with Crippen molar-refractivity contribution in [1.29, 1.82) is 0 Å². The zero-order valence-electron chi connectivity index (χ0n) is 31.1. The number of carbonyl (C=O) groups is 1. The first-order valence-electron chi connectivity index (χ1n) is 18.8. The molecule has 6 aliphatic rings. The summed E-state index contributed by atoms with van der Waals surface area (Å²) in [6.07, 6.45) is -1.29. The highest BCUT2D eigenvalue weighted by molar-refractivity contribution is 5.66. The lowest BCUT2D eigenvalue weighted by atomic mass is 9.35. The van der Waals surface area contributed by atoms with Crippen molar-refractivity contribution in [2.45, 2.75) is 186 Å². The Morgan fingerprint density at radius 2 is 1.53 bits per heavy atom. The van der Waals surface area contributed by atoms with Crippen LogP contribution in [-0.2, 0) is 23.7 Å². The number of hydrogen-bond donors (Lipinski definition) is 6. The van der Waals surface area contributed by atoms with E-state index in [9.17, 15) is 35.4 Å². The van der Waals surface area contributed by atoms with Crippen molar-refractivity contribution in [2.75, 3.05) is 6.61 Å². The monoisotopic (exact) mass is 696 g/mol. The Morgan fingerprint density at radius 1 is 0.857 bits per heavy atom. The van der Waals surface area contributed by atoms with Gasteiger partial charge in [-0.15, -0.1) is 0 Å². The van der Waals surface area contributed by atoms with E-state index < -0.39 is 66.3 Å². The van der Waals surface area contributed by atoms with Gasteiger partial charge < -0.3 is 49.6 Å². The summed E-state index contributed by atoms with van der Waals surface area (Å²) in [6.45, 7) is 17.9. The molecule has 6 rings (SSSR count). The molecule has 282 valence electrons. The molecule has 49 heavy (non-hydrogen) atoms. The maximum Gasteiger partial charge on any atom is 0.302 e. The first-order chi connectivity index (χ1) is 22.5. The number of esters is 1. The minimum Gasteiger partial charge on any atom is -0.462 e. The highest BCUT2D eigenvalue weighted by Crippen LogP contribution is 2.77. The van der Waals surface area contributed by atoms with E-state index in [2.05, 4.69) is 34.6 Å². The van der Waals surface area contributed by atoms with Gasteiger partial charge in [0.15, 0.2) is 6.29 Å². The fraction of sp³-hybridized carbons (Fsp3) is 0.974. The summed E-state index contributed by atoms with van der Waals surface area (Å²) in [4.78, 5) is 12.8. The van der Waals surface area contributed by atoms with Gasteiger partial charge in [0, 0.05) is 12.8 Å². The normalized spacial score (nSPS) is 54.1. The van der Waals surface area contributed by atoms with E-state index in [1.807, 2.05) is 6.92 Å². The zero-order valence-corrected chi connectivity index (χ0v) is 31.1. The summed E-state index contributed by atoms with van der Waals surface area (Å²) in [5.74, 6) is -0.301. The fourth-order valence-corrected chi connectivity index (χ4v) is 12.9. The van der Waals surface area contributed by atoms with Crippen molar-refractivity contribution in [2.24, 2.45) is 39.4 Å². The summed E-state index contributed by atoms with van der Waals surface area (Å²) in [7, 11) is 0. The minimum atomic E-state index is -1.50. The molecular formula is C38H64O11. The van der Waals surface area contributed by atoms with Crippen molar-refractivity contribution in [1.82, 2.24) is 0 Å². The molecule has 3 unspecified atom stereocenters. The van der Waals surface area contributed by atoms with E-state index in [4.69, 9.17) is 18.9 Å². The van der Waals surface area contributed by atoms with Crippen LogP contribution in [-0.4, -0.2) is 109 Å². The number of aliphatic hydroxyl groups excluding tert-OH is 4. The Morgan fingerprint density at radius 3 is 2.12 bits per heavy atom. The SMILES string of the molecule is CC(=O)OC1C[C@@H]2[C@@]3(C)CC[C@@H](O[C@@H]4O[C@H](CO)[C@@H](O)[C@H](O)[C@H]4O)C(C)(C)C3CC[C@@]2(C)[C@]2(C)CC[C@](O)([C@]3(C)CC[C@H](C(C)(C)O)O3)C12. The minimum absolute atomic E-state index is 0.154. The summed E-state index contributed by atoms with van der Waals surface area (Å²) in [5, 5.41) is 65.0. The second kappa shape index (κ2) is 12.1. The smallest absolute Gasteiger partial charge is 0.302 e. The highest BCUT2D eigenvalue weighted by Gasteiger charge is 2.76. The molecule has 0 bridgehead atoms. The topological polar surface area (TPSA) is 175 Å². The molecule has 6 fully saturated rings. The van der Waals surface area contributed by atoms with Crippen LogP contribution in [0.2, 0.25) is 0 Å². The van der Waals surface area contributed by atoms with Crippen LogP contribution in [0.5, 0.6) is 0 Å². The summed E-state index contributed by atoms with van der Waals surface area (Å²) in [5.41, 5.74) is -4.23. The van der Waals surface area contributed by atoms with Gasteiger partial charge in [-0.05, 0) is 112 Å². The average Bonchev–Trinajstić information content (AvgIpc) is 3.56. The summed E-state index contributed by atoms with van der Waals surface area (Å²) < 4.78 is 25.1. The molecule has 16 atom stereocenters. The van der Waals surface area contributed by atoms with Crippen molar-refractivity contribution in [3.63, 3.8) is 0 Å². The summed E-state index contributed by atoms with van der Waals surface area (Å²) in [6, 6.07) is 0. The molecule has 4 saturated carbocycles. The molecule has 0 amide bonds. The van der Waals surface area contributed by atoms with Crippen LogP contribution in [0.15, 0.2) is 0 Å². The summed E-state index contributed by atoms with van der Waals surface area (Å²) >= 11 is 0. The molecular weight excluding hydrogens is 632 g/mol. The van der Waals surface area contributed by atoms with Crippen LogP contribution in [0.25, 0.3) is 0 Å². The van der Waals surface area contributed by atoms with Crippen molar-refractivity contribution >= 4 is 5.97 Å². The standard InChI is InChI=1S/C38H64O11/c1-20(40)46-21-18-24-34(6)13-11-25(48-31-29(43)28(42)27(41)22(19-39)47-31)32(2,3)23(34)10-14-35(24,7)36(8)16-17-38(45,30(21)36)37(9)15-12-26(49-37)33(4,5)44/h21-31,39,41-45H,10-19H2,1-9H3/t21?,22-,23?,24-,25-,26-,27-,28+,29-,30?,31+,34+,35-,36-,37+,38-/m1/s1. The lowest BCUT2D eigenvalue weighted by molar-refractivity contribution is -0.333. The van der Waals surface area contributed by atoms with Gasteiger partial charge in [-0.1, -0.05) is 34.6 Å². The highest BCUT2D eigenvalue weighted by atomic mass is 16.7. The largest absolute Gasteiger partial charge is 0.462 e. The molecule has 0 spiro atoms. The van der Waals surface area contributed by atoms with Gasteiger partial charge in [0.25, 0.3) is 0 Å². The van der Waals surface area contributed by atoms with E-state index in [1.54, 1.807) is 13.8 Å². The molecule has 0 aromatic heterocycles. The second-order valence-corrected chi connectivity index (χ2v) is 19.0. The van der Waals surface area contributed by atoms with Crippen molar-refractivity contribution < 1.29 is 54.4 Å². The molecule has 0 radical (unpaired) electrons. The maximum atomic E-state index is 12.9. The van der Waals surface area contributed by atoms with Crippen LogP contribution < -0.4 is 0 Å². The molecule has 11 nitrogen and oxygen atoms in total. The van der Waals surface area contributed by atoms with Crippen molar-refractivity contribution in [3.05, 3.63) is 0 Å². The number of rotatable bonds is 6.